The summed E-state index contributed by atoms with van der Waals surface area (Å²) in [4.78, 5) is 27.5. The fourth-order valence-corrected chi connectivity index (χ4v) is 3.81. The normalized spacial score (nSPS) is 11.4. The van der Waals surface area contributed by atoms with Gasteiger partial charge in [0.25, 0.3) is 0 Å². The van der Waals surface area contributed by atoms with Gasteiger partial charge < -0.3 is 15.5 Å². The van der Waals surface area contributed by atoms with E-state index in [1.165, 1.54) is 4.90 Å². The zero-order chi connectivity index (χ0) is 25.0. The Kier molecular flexibility index (Phi) is 7.82. The van der Waals surface area contributed by atoms with Crippen molar-refractivity contribution < 1.29 is 9.59 Å². The van der Waals surface area contributed by atoms with E-state index in [1.54, 1.807) is 10.7 Å². The summed E-state index contributed by atoms with van der Waals surface area (Å²) < 4.78 is 2.62. The minimum absolute atomic E-state index is 0.0959. The predicted molar refractivity (Wildman–Crippen MR) is 141 cm³/mol. The van der Waals surface area contributed by atoms with Gasteiger partial charge in [-0.1, -0.05) is 61.0 Å². The van der Waals surface area contributed by atoms with Crippen molar-refractivity contribution in [1.82, 2.24) is 14.7 Å². The number of anilines is 2. The van der Waals surface area contributed by atoms with Crippen molar-refractivity contribution in [1.29, 1.82) is 0 Å². The van der Waals surface area contributed by atoms with Gasteiger partial charge >= 0.3 is 6.03 Å². The Bertz CT molecular complexity index is 1180. The van der Waals surface area contributed by atoms with E-state index in [4.69, 9.17) is 5.10 Å². The fraction of sp³-hybridized carbons (Fsp3) is 0.346. The van der Waals surface area contributed by atoms with E-state index < -0.39 is 0 Å². The number of rotatable bonds is 6. The van der Waals surface area contributed by atoms with Gasteiger partial charge in [-0.25, -0.2) is 9.48 Å². The lowest BCUT2D eigenvalue weighted by atomic mass is 9.92. The van der Waals surface area contributed by atoms with Crippen LogP contribution in [-0.2, 0) is 10.2 Å². The molecule has 180 valence electrons. The number of benzene rings is 2. The number of para-hydroxylation sites is 1. The summed E-state index contributed by atoms with van der Waals surface area (Å²) in [5, 5.41) is 10.6. The van der Waals surface area contributed by atoms with E-state index in [2.05, 4.69) is 47.3 Å². The Morgan fingerprint density at radius 1 is 1.06 bits per heavy atom. The number of carbonyl (C=O) groups is 2. The standard InChI is InChI=1S/C26H32BrN5O2/c1-17(2)31(25(34)28-20-12-9-11-19(27)14-20)16-24(33)29-23-15-22(26(4,5)6)30-32(23)21-13-8-7-10-18(21)3/h7-15,17H,16H2,1-6H3,(H,28,34)(H,29,33). The number of amides is 3. The van der Waals surface area contributed by atoms with Gasteiger partial charge in [-0.05, 0) is 50.6 Å². The maximum atomic E-state index is 13.1. The number of nitrogens with one attached hydrogen (secondary N) is 2. The largest absolute Gasteiger partial charge is 0.322 e. The van der Waals surface area contributed by atoms with E-state index in [1.807, 2.05) is 69.3 Å². The molecule has 0 aliphatic carbocycles. The molecule has 3 aromatic rings. The van der Waals surface area contributed by atoms with E-state index in [0.29, 0.717) is 11.5 Å². The summed E-state index contributed by atoms with van der Waals surface area (Å²) in [6, 6.07) is 16.6. The molecule has 0 saturated heterocycles. The van der Waals surface area contributed by atoms with Crippen molar-refractivity contribution in [3.63, 3.8) is 0 Å². The summed E-state index contributed by atoms with van der Waals surface area (Å²) >= 11 is 3.40. The Labute approximate surface area is 209 Å². The van der Waals surface area contributed by atoms with Crippen molar-refractivity contribution in [2.45, 2.75) is 53.0 Å². The van der Waals surface area contributed by atoms with Crippen LogP contribution >= 0.6 is 15.9 Å². The third-order valence-electron chi connectivity index (χ3n) is 5.36. The van der Waals surface area contributed by atoms with Gasteiger partial charge in [0.05, 0.1) is 11.4 Å². The highest BCUT2D eigenvalue weighted by Gasteiger charge is 2.24. The summed E-state index contributed by atoms with van der Waals surface area (Å²) in [6.45, 7) is 11.9. The lowest BCUT2D eigenvalue weighted by Crippen LogP contribution is -2.44. The number of carbonyl (C=O) groups excluding carboxylic acids is 2. The summed E-state index contributed by atoms with van der Waals surface area (Å²) in [7, 11) is 0. The number of hydrogen-bond acceptors (Lipinski definition) is 3. The van der Waals surface area contributed by atoms with Crippen molar-refractivity contribution in [3.05, 3.63) is 70.3 Å². The SMILES string of the molecule is Cc1ccccc1-n1nc(C(C)(C)C)cc1NC(=O)CN(C(=O)Nc1cccc(Br)c1)C(C)C. The van der Waals surface area contributed by atoms with E-state index in [-0.39, 0.29) is 29.9 Å². The molecule has 7 nitrogen and oxygen atoms in total. The molecule has 0 bridgehead atoms. The zero-order valence-corrected chi connectivity index (χ0v) is 22.1. The third-order valence-corrected chi connectivity index (χ3v) is 5.86. The first-order valence-corrected chi connectivity index (χ1v) is 12.0. The van der Waals surface area contributed by atoms with Gasteiger partial charge in [0, 0.05) is 27.7 Å². The minimum atomic E-state index is -0.342. The number of aromatic nitrogens is 2. The smallest absolute Gasteiger partial charge is 0.313 e. The second-order valence-corrected chi connectivity index (χ2v) is 10.5. The molecule has 0 atom stereocenters. The third kappa shape index (κ3) is 6.26. The van der Waals surface area contributed by atoms with Crippen molar-refractivity contribution in [2.75, 3.05) is 17.2 Å². The lowest BCUT2D eigenvalue weighted by molar-refractivity contribution is -0.117. The molecular weight excluding hydrogens is 494 g/mol. The van der Waals surface area contributed by atoms with E-state index in [9.17, 15) is 9.59 Å². The minimum Gasteiger partial charge on any atom is -0.313 e. The molecule has 0 saturated carbocycles. The highest BCUT2D eigenvalue weighted by molar-refractivity contribution is 9.10. The number of hydrogen-bond donors (Lipinski definition) is 2. The molecule has 0 radical (unpaired) electrons. The molecule has 1 aromatic heterocycles. The first-order valence-electron chi connectivity index (χ1n) is 11.3. The molecule has 8 heteroatoms. The Balaban J connectivity index is 1.82. The summed E-state index contributed by atoms with van der Waals surface area (Å²) in [5.41, 5.74) is 3.25. The Morgan fingerprint density at radius 2 is 1.76 bits per heavy atom. The van der Waals surface area contributed by atoms with Gasteiger partial charge in [0.15, 0.2) is 0 Å². The molecule has 0 aliphatic rings. The molecule has 0 spiro atoms. The summed E-state index contributed by atoms with van der Waals surface area (Å²) in [5.74, 6) is 0.272. The first-order chi connectivity index (χ1) is 16.0. The Morgan fingerprint density at radius 3 is 2.38 bits per heavy atom. The van der Waals surface area contributed by atoms with Crippen LogP contribution < -0.4 is 10.6 Å². The first kappa shape index (κ1) is 25.5. The van der Waals surface area contributed by atoms with Crippen LogP contribution in [0.5, 0.6) is 0 Å². The molecule has 3 amide bonds. The highest BCUT2D eigenvalue weighted by atomic mass is 79.9. The van der Waals surface area contributed by atoms with Gasteiger partial charge in [-0.2, -0.15) is 5.10 Å². The number of urea groups is 1. The van der Waals surface area contributed by atoms with E-state index in [0.717, 1.165) is 21.4 Å². The molecule has 0 fully saturated rings. The zero-order valence-electron chi connectivity index (χ0n) is 20.5. The number of halogens is 1. The van der Waals surface area contributed by atoms with Gasteiger partial charge in [0.1, 0.15) is 12.4 Å². The maximum absolute atomic E-state index is 13.1. The molecule has 0 unspecified atom stereocenters. The van der Waals surface area contributed by atoms with Crippen molar-refractivity contribution in [3.8, 4) is 5.69 Å². The van der Waals surface area contributed by atoms with Crippen molar-refractivity contribution in [2.24, 2.45) is 0 Å². The van der Waals surface area contributed by atoms with Crippen molar-refractivity contribution >= 4 is 39.4 Å². The van der Waals surface area contributed by atoms with E-state index >= 15 is 0 Å². The number of aryl methyl sites for hydroxylation is 1. The van der Waals surface area contributed by atoms with Crippen LogP contribution in [0.1, 0.15) is 45.9 Å². The molecule has 3 rings (SSSR count). The molecular formula is C26H32BrN5O2. The van der Waals surface area contributed by atoms with Crippen LogP contribution in [-0.4, -0.2) is 39.2 Å². The van der Waals surface area contributed by atoms with Gasteiger partial charge in [-0.3, -0.25) is 4.79 Å². The van der Waals surface area contributed by atoms with Crippen LogP contribution in [0, 0.1) is 6.92 Å². The van der Waals surface area contributed by atoms with Crippen LogP contribution in [0.3, 0.4) is 0 Å². The van der Waals surface area contributed by atoms with Crippen LogP contribution in [0.25, 0.3) is 5.69 Å². The predicted octanol–water partition coefficient (Wildman–Crippen LogP) is 6.12. The Hall–Kier alpha value is -3.13. The fourth-order valence-electron chi connectivity index (χ4n) is 3.41. The van der Waals surface area contributed by atoms with Crippen LogP contribution in [0.15, 0.2) is 59.1 Å². The topological polar surface area (TPSA) is 79.3 Å². The monoisotopic (exact) mass is 525 g/mol. The highest BCUT2D eigenvalue weighted by Crippen LogP contribution is 2.27. The molecule has 2 aromatic carbocycles. The average molecular weight is 526 g/mol. The average Bonchev–Trinajstić information content (AvgIpc) is 3.16. The second kappa shape index (κ2) is 10.4. The van der Waals surface area contributed by atoms with Crippen LogP contribution in [0.2, 0.25) is 0 Å². The lowest BCUT2D eigenvalue weighted by Gasteiger charge is -2.26. The molecule has 1 heterocycles. The number of nitrogens with zero attached hydrogens (tertiary/aromatic N) is 3. The van der Waals surface area contributed by atoms with Crippen LogP contribution in [0.4, 0.5) is 16.3 Å². The summed E-state index contributed by atoms with van der Waals surface area (Å²) in [6.07, 6.45) is 0. The molecule has 34 heavy (non-hydrogen) atoms. The molecule has 0 aliphatic heterocycles. The van der Waals surface area contributed by atoms with Gasteiger partial charge in [0.2, 0.25) is 5.91 Å². The maximum Gasteiger partial charge on any atom is 0.322 e. The van der Waals surface area contributed by atoms with Gasteiger partial charge in [-0.15, -0.1) is 0 Å². The second-order valence-electron chi connectivity index (χ2n) is 9.57. The quantitative estimate of drug-likeness (QED) is 0.406. The molecule has 2 N–H and O–H groups in total.